The molecule has 6 aromatic rings. The first-order chi connectivity index (χ1) is 23.6. The normalized spacial score (nSPS) is 18.8. The average molecular weight is 638 g/mol. The maximum absolute atomic E-state index is 11.6. The monoisotopic (exact) mass is 637 g/mol. The van der Waals surface area contributed by atoms with Crippen molar-refractivity contribution in [3.63, 3.8) is 0 Å². The lowest BCUT2D eigenvalue weighted by molar-refractivity contribution is -0.138. The number of aliphatic carboxylic acids is 1. The molecule has 0 amide bonds. The van der Waals surface area contributed by atoms with E-state index in [1.54, 1.807) is 5.06 Å². The number of ether oxygens (including phenoxy) is 2. The smallest absolute Gasteiger partial charge is 0.352 e. The number of aromatic nitrogens is 2. The van der Waals surface area contributed by atoms with Gasteiger partial charge >= 0.3 is 5.97 Å². The number of carboxylic acids is 1. The van der Waals surface area contributed by atoms with Crippen LogP contribution in [-0.2, 0) is 28.3 Å². The van der Waals surface area contributed by atoms with Crippen molar-refractivity contribution in [3.05, 3.63) is 144 Å². The molecule has 1 aliphatic heterocycles. The van der Waals surface area contributed by atoms with Crippen LogP contribution in [0.3, 0.4) is 0 Å². The number of hydrogen-bond donors (Lipinski definition) is 1. The van der Waals surface area contributed by atoms with E-state index < -0.39 is 17.6 Å². The number of hydrogen-bond acceptors (Lipinski definition) is 7. The van der Waals surface area contributed by atoms with Crippen LogP contribution in [0, 0.1) is 0 Å². The van der Waals surface area contributed by atoms with Gasteiger partial charge in [0.25, 0.3) is 6.23 Å². The van der Waals surface area contributed by atoms with Gasteiger partial charge in [-0.25, -0.2) is 14.8 Å². The van der Waals surface area contributed by atoms with Gasteiger partial charge in [-0.2, -0.15) is 0 Å². The van der Waals surface area contributed by atoms with E-state index in [9.17, 15) is 9.90 Å². The topological polar surface area (TPSA) is 97.1 Å². The van der Waals surface area contributed by atoms with Crippen molar-refractivity contribution in [3.8, 4) is 11.5 Å². The Morgan fingerprint density at radius 3 is 1.67 bits per heavy atom. The van der Waals surface area contributed by atoms with E-state index in [4.69, 9.17) is 24.3 Å². The molecule has 8 heteroatoms. The molecule has 2 unspecified atom stereocenters. The molecule has 1 saturated heterocycles. The van der Waals surface area contributed by atoms with Gasteiger partial charge in [0.2, 0.25) is 0 Å². The predicted molar refractivity (Wildman–Crippen MR) is 182 cm³/mol. The van der Waals surface area contributed by atoms with E-state index in [1.165, 1.54) is 0 Å². The Morgan fingerprint density at radius 2 is 1.17 bits per heavy atom. The van der Waals surface area contributed by atoms with Crippen LogP contribution in [0.4, 0.5) is 0 Å². The van der Waals surface area contributed by atoms with Crippen molar-refractivity contribution in [2.75, 3.05) is 0 Å². The lowest BCUT2D eigenvalue weighted by Gasteiger charge is -2.42. The number of fused-ring (bicyclic) bond motifs is 2. The van der Waals surface area contributed by atoms with Crippen LogP contribution >= 0.6 is 0 Å². The molecule has 1 aliphatic carbocycles. The Kier molecular flexibility index (Phi) is 7.96. The van der Waals surface area contributed by atoms with Gasteiger partial charge in [-0.15, -0.1) is 5.06 Å². The Balaban J connectivity index is 1.12. The van der Waals surface area contributed by atoms with Crippen molar-refractivity contribution in [1.29, 1.82) is 0 Å². The van der Waals surface area contributed by atoms with Crippen LogP contribution in [0.2, 0.25) is 0 Å². The minimum Gasteiger partial charge on any atom is -0.487 e. The van der Waals surface area contributed by atoms with E-state index in [0.717, 1.165) is 81.5 Å². The predicted octanol–water partition coefficient (Wildman–Crippen LogP) is 7.83. The highest BCUT2D eigenvalue weighted by atomic mass is 16.8. The summed E-state index contributed by atoms with van der Waals surface area (Å²) in [7, 11) is 0. The van der Waals surface area contributed by atoms with Gasteiger partial charge in [0, 0.05) is 33.4 Å². The fourth-order valence-electron chi connectivity index (χ4n) is 7.21. The summed E-state index contributed by atoms with van der Waals surface area (Å²) in [5.41, 5.74) is 5.27. The molecule has 3 heterocycles. The number of hydroxylamine groups is 2. The van der Waals surface area contributed by atoms with Crippen molar-refractivity contribution >= 4 is 27.8 Å². The van der Waals surface area contributed by atoms with E-state index in [0.29, 0.717) is 13.2 Å². The number of benzene rings is 4. The lowest BCUT2D eigenvalue weighted by atomic mass is 9.63. The van der Waals surface area contributed by atoms with E-state index in [-0.39, 0.29) is 6.04 Å². The van der Waals surface area contributed by atoms with Gasteiger partial charge in [-0.1, -0.05) is 84.9 Å². The maximum Gasteiger partial charge on any atom is 0.352 e. The van der Waals surface area contributed by atoms with Crippen LogP contribution < -0.4 is 9.47 Å². The van der Waals surface area contributed by atoms with Crippen LogP contribution in [-0.4, -0.2) is 38.4 Å². The van der Waals surface area contributed by atoms with Gasteiger partial charge in [-0.05, 0) is 62.1 Å². The number of carboxylic acid groups (broad SMARTS) is 1. The molecule has 8 rings (SSSR count). The largest absolute Gasteiger partial charge is 0.487 e. The Labute approximate surface area is 278 Å². The molecular weight excluding hydrogens is 602 g/mol. The standard InChI is InChI=1S/C40H35N3O5/c44-39(45)38-43(48-38)31-21-23-40(24-22-31,32-11-3-7-15-36(32)46-25-29-19-17-27-9-1-5-13-34(27)41-29)33-12-4-8-16-37(33)47-26-30-20-18-28-10-2-6-14-35(28)42-30/h1-20,31,38H,21-26H2,(H,44,45). The summed E-state index contributed by atoms with van der Waals surface area (Å²) >= 11 is 0. The number of rotatable bonds is 10. The molecule has 1 N–H and O–H groups in total. The third-order valence-electron chi connectivity index (χ3n) is 9.66. The highest BCUT2D eigenvalue weighted by Gasteiger charge is 2.51. The first-order valence-electron chi connectivity index (χ1n) is 16.4. The molecule has 48 heavy (non-hydrogen) atoms. The molecule has 8 nitrogen and oxygen atoms in total. The molecule has 1 saturated carbocycles. The molecule has 2 atom stereocenters. The van der Waals surface area contributed by atoms with E-state index in [1.807, 2.05) is 72.8 Å². The molecule has 0 radical (unpaired) electrons. The second-order valence-corrected chi connectivity index (χ2v) is 12.5. The summed E-state index contributed by atoms with van der Waals surface area (Å²) in [5.74, 6) is 0.639. The minimum absolute atomic E-state index is 0.0176. The third-order valence-corrected chi connectivity index (χ3v) is 9.66. The zero-order chi connectivity index (χ0) is 32.5. The molecule has 2 aromatic heterocycles. The van der Waals surface area contributed by atoms with Crippen LogP contribution in [0.25, 0.3) is 21.8 Å². The fourth-order valence-corrected chi connectivity index (χ4v) is 7.21. The molecule has 2 aliphatic rings. The van der Waals surface area contributed by atoms with Crippen molar-refractivity contribution in [2.24, 2.45) is 0 Å². The van der Waals surface area contributed by atoms with Crippen LogP contribution in [0.5, 0.6) is 11.5 Å². The van der Waals surface area contributed by atoms with Crippen molar-refractivity contribution in [2.45, 2.75) is 56.6 Å². The Bertz CT molecular complexity index is 1980. The van der Waals surface area contributed by atoms with E-state index in [2.05, 4.69) is 48.5 Å². The quantitative estimate of drug-likeness (QED) is 0.152. The maximum atomic E-state index is 11.6. The summed E-state index contributed by atoms with van der Waals surface area (Å²) in [6.45, 7) is 0.655. The van der Waals surface area contributed by atoms with Crippen LogP contribution in [0.1, 0.15) is 48.2 Å². The Morgan fingerprint density at radius 1 is 0.688 bits per heavy atom. The number of pyridine rings is 2. The highest BCUT2D eigenvalue weighted by molar-refractivity contribution is 5.79. The second-order valence-electron chi connectivity index (χ2n) is 12.5. The van der Waals surface area contributed by atoms with Gasteiger partial charge in [0.05, 0.1) is 22.4 Å². The van der Waals surface area contributed by atoms with Gasteiger partial charge in [0.1, 0.15) is 24.7 Å². The van der Waals surface area contributed by atoms with E-state index >= 15 is 0 Å². The number of nitrogens with zero attached hydrogens (tertiary/aromatic N) is 3. The molecular formula is C40H35N3O5. The minimum atomic E-state index is -0.950. The fraction of sp³-hybridized carbons (Fsp3) is 0.225. The third kappa shape index (κ3) is 5.85. The van der Waals surface area contributed by atoms with Crippen molar-refractivity contribution in [1.82, 2.24) is 15.0 Å². The summed E-state index contributed by atoms with van der Waals surface area (Å²) in [5, 5.41) is 13.3. The highest BCUT2D eigenvalue weighted by Crippen LogP contribution is 2.52. The SMILES string of the molecule is O=C(O)C1ON1C1CCC(c2ccccc2OCc2ccc3ccccc3n2)(c2ccccc2OCc2ccc3ccccc3n2)CC1. The number of para-hydroxylation sites is 4. The summed E-state index contributed by atoms with van der Waals surface area (Å²) < 4.78 is 13.2. The molecule has 0 bridgehead atoms. The molecule has 240 valence electrons. The first-order valence-corrected chi connectivity index (χ1v) is 16.4. The van der Waals surface area contributed by atoms with Crippen molar-refractivity contribution < 1.29 is 24.2 Å². The van der Waals surface area contributed by atoms with Gasteiger partial charge in [0.15, 0.2) is 0 Å². The second kappa shape index (κ2) is 12.7. The lowest BCUT2D eigenvalue weighted by Crippen LogP contribution is -2.38. The molecule has 0 spiro atoms. The summed E-state index contributed by atoms with van der Waals surface area (Å²) in [4.78, 5) is 26.7. The zero-order valence-electron chi connectivity index (χ0n) is 26.4. The average Bonchev–Trinajstić information content (AvgIpc) is 3.95. The number of carbonyl (C=O) groups is 1. The molecule has 2 fully saturated rings. The molecule has 4 aromatic carbocycles. The summed E-state index contributed by atoms with van der Waals surface area (Å²) in [6.07, 6.45) is 2.16. The van der Waals surface area contributed by atoms with Gasteiger partial charge in [-0.3, -0.25) is 4.84 Å². The Hall–Kier alpha value is -5.31. The zero-order valence-corrected chi connectivity index (χ0v) is 26.4. The first kappa shape index (κ1) is 30.1. The van der Waals surface area contributed by atoms with Crippen LogP contribution in [0.15, 0.2) is 121 Å². The van der Waals surface area contributed by atoms with Gasteiger partial charge < -0.3 is 14.6 Å². The summed E-state index contributed by atoms with van der Waals surface area (Å²) in [6, 6.07) is 40.8.